The summed E-state index contributed by atoms with van der Waals surface area (Å²) in [7, 11) is 0. The fourth-order valence-corrected chi connectivity index (χ4v) is 1.44. The summed E-state index contributed by atoms with van der Waals surface area (Å²) in [5, 5.41) is 6.72. The molecule has 1 heterocycles. The third kappa shape index (κ3) is 1.73. The zero-order valence-corrected chi connectivity index (χ0v) is 7.96. The lowest BCUT2D eigenvalue weighted by molar-refractivity contribution is 0.243. The minimum absolute atomic E-state index is 0.557. The molecule has 1 unspecified atom stereocenters. The smallest absolute Gasteiger partial charge is 0.0441 e. The molecular weight excluding hydrogens is 136 g/mol. The van der Waals surface area contributed by atoms with Gasteiger partial charge in [-0.15, -0.1) is 0 Å². The van der Waals surface area contributed by atoms with E-state index in [4.69, 9.17) is 0 Å². The van der Waals surface area contributed by atoms with Crippen molar-refractivity contribution in [3.05, 3.63) is 0 Å². The Hall–Kier alpha value is -0.530. The van der Waals surface area contributed by atoms with Gasteiger partial charge in [0.1, 0.15) is 0 Å². The van der Waals surface area contributed by atoms with Crippen molar-refractivity contribution in [1.29, 1.82) is 0 Å². The van der Waals surface area contributed by atoms with Crippen molar-refractivity contribution in [1.82, 2.24) is 5.01 Å². The third-order valence-electron chi connectivity index (χ3n) is 2.24. The fraction of sp³-hybridized carbons (Fsp3) is 0.889. The van der Waals surface area contributed by atoms with Crippen molar-refractivity contribution in [3.8, 4) is 0 Å². The quantitative estimate of drug-likeness (QED) is 0.595. The van der Waals surface area contributed by atoms with Gasteiger partial charge in [0.25, 0.3) is 0 Å². The molecule has 1 rings (SSSR count). The topological polar surface area (TPSA) is 15.6 Å². The molecule has 0 fully saturated rings. The maximum absolute atomic E-state index is 4.54. The Morgan fingerprint density at radius 2 is 2.27 bits per heavy atom. The fourth-order valence-electron chi connectivity index (χ4n) is 1.44. The van der Waals surface area contributed by atoms with Gasteiger partial charge in [0.05, 0.1) is 0 Å². The van der Waals surface area contributed by atoms with Crippen LogP contribution in [0.4, 0.5) is 0 Å². The molecule has 1 aliphatic rings. The van der Waals surface area contributed by atoms with E-state index in [9.17, 15) is 0 Å². The van der Waals surface area contributed by atoms with Crippen molar-refractivity contribution in [2.45, 2.75) is 40.2 Å². The summed E-state index contributed by atoms with van der Waals surface area (Å²) in [4.78, 5) is 0. The standard InChI is InChI=1S/C9H18N2/c1-5-9-8(4)6-11(10-9)7(2)3/h7-8H,5-6H2,1-4H3. The van der Waals surface area contributed by atoms with Crippen LogP contribution in [0.15, 0.2) is 5.10 Å². The van der Waals surface area contributed by atoms with Crippen molar-refractivity contribution < 1.29 is 0 Å². The highest BCUT2D eigenvalue weighted by atomic mass is 15.5. The second-order valence-corrected chi connectivity index (χ2v) is 3.56. The summed E-state index contributed by atoms with van der Waals surface area (Å²) >= 11 is 0. The molecule has 0 saturated carbocycles. The Bertz CT molecular complexity index is 161. The molecule has 2 nitrogen and oxygen atoms in total. The molecule has 0 aromatic rings. The van der Waals surface area contributed by atoms with Crippen LogP contribution in [0.2, 0.25) is 0 Å². The van der Waals surface area contributed by atoms with E-state index in [0.717, 1.165) is 13.0 Å². The van der Waals surface area contributed by atoms with E-state index < -0.39 is 0 Å². The van der Waals surface area contributed by atoms with Gasteiger partial charge < -0.3 is 0 Å². The van der Waals surface area contributed by atoms with E-state index in [0.29, 0.717) is 12.0 Å². The van der Waals surface area contributed by atoms with Crippen molar-refractivity contribution in [3.63, 3.8) is 0 Å². The first kappa shape index (κ1) is 8.57. The summed E-state index contributed by atoms with van der Waals surface area (Å²) < 4.78 is 0. The molecule has 1 atom stereocenters. The molecule has 0 spiro atoms. The van der Waals surface area contributed by atoms with Crippen LogP contribution < -0.4 is 0 Å². The molecule has 0 N–H and O–H groups in total. The van der Waals surface area contributed by atoms with Crippen molar-refractivity contribution >= 4 is 5.71 Å². The molecule has 64 valence electrons. The lowest BCUT2D eigenvalue weighted by Crippen LogP contribution is -2.24. The van der Waals surface area contributed by atoms with Crippen LogP contribution in [0, 0.1) is 5.92 Å². The molecule has 2 heteroatoms. The zero-order valence-electron chi connectivity index (χ0n) is 7.96. The first-order valence-electron chi connectivity index (χ1n) is 4.49. The van der Waals surface area contributed by atoms with Gasteiger partial charge >= 0.3 is 0 Å². The lowest BCUT2D eigenvalue weighted by Gasteiger charge is -2.18. The van der Waals surface area contributed by atoms with E-state index >= 15 is 0 Å². The van der Waals surface area contributed by atoms with Crippen molar-refractivity contribution in [2.75, 3.05) is 6.54 Å². The van der Waals surface area contributed by atoms with Gasteiger partial charge in [-0.1, -0.05) is 13.8 Å². The highest BCUT2D eigenvalue weighted by molar-refractivity contribution is 5.87. The summed E-state index contributed by atoms with van der Waals surface area (Å²) in [5.74, 6) is 0.669. The number of rotatable bonds is 2. The van der Waals surface area contributed by atoms with Crippen LogP contribution in [0.1, 0.15) is 34.1 Å². The number of hydrogen-bond donors (Lipinski definition) is 0. The van der Waals surface area contributed by atoms with Gasteiger partial charge in [-0.3, -0.25) is 5.01 Å². The SMILES string of the molecule is CCC1=NN(C(C)C)CC1C. The Morgan fingerprint density at radius 3 is 2.55 bits per heavy atom. The second-order valence-electron chi connectivity index (χ2n) is 3.56. The molecule has 0 saturated heterocycles. The average molecular weight is 154 g/mol. The Labute approximate surface area is 69.3 Å². The van der Waals surface area contributed by atoms with E-state index in [-0.39, 0.29) is 0 Å². The largest absolute Gasteiger partial charge is 0.294 e. The molecule has 1 aliphatic heterocycles. The Morgan fingerprint density at radius 1 is 1.64 bits per heavy atom. The number of hydrazone groups is 1. The molecular formula is C9H18N2. The Balaban J connectivity index is 2.59. The zero-order chi connectivity index (χ0) is 8.43. The lowest BCUT2D eigenvalue weighted by atomic mass is 10.1. The molecule has 11 heavy (non-hydrogen) atoms. The van der Waals surface area contributed by atoms with Gasteiger partial charge in [-0.05, 0) is 20.3 Å². The molecule has 0 bridgehead atoms. The molecule has 0 aromatic carbocycles. The average Bonchev–Trinajstić information content (AvgIpc) is 2.31. The monoisotopic (exact) mass is 154 g/mol. The molecule has 0 radical (unpaired) electrons. The second kappa shape index (κ2) is 3.24. The highest BCUT2D eigenvalue weighted by Gasteiger charge is 2.22. The van der Waals surface area contributed by atoms with E-state index in [1.165, 1.54) is 5.71 Å². The highest BCUT2D eigenvalue weighted by Crippen LogP contribution is 2.17. The van der Waals surface area contributed by atoms with Gasteiger partial charge in [0.15, 0.2) is 0 Å². The van der Waals surface area contributed by atoms with Crippen LogP contribution >= 0.6 is 0 Å². The summed E-state index contributed by atoms with van der Waals surface area (Å²) in [6.45, 7) is 9.92. The first-order valence-corrected chi connectivity index (χ1v) is 4.49. The normalized spacial score (nSPS) is 24.6. The molecule has 0 amide bonds. The van der Waals surface area contributed by atoms with Crippen LogP contribution in [0.5, 0.6) is 0 Å². The van der Waals surface area contributed by atoms with Crippen LogP contribution in [0.25, 0.3) is 0 Å². The molecule has 0 aromatic heterocycles. The predicted octanol–water partition coefficient (Wildman–Crippen LogP) is 2.11. The van der Waals surface area contributed by atoms with Crippen LogP contribution in [-0.2, 0) is 0 Å². The van der Waals surface area contributed by atoms with Gasteiger partial charge in [0, 0.05) is 24.2 Å². The summed E-state index contributed by atoms with van der Waals surface area (Å²) in [6, 6.07) is 0.557. The molecule has 0 aliphatic carbocycles. The van der Waals surface area contributed by atoms with E-state index in [2.05, 4.69) is 37.8 Å². The predicted molar refractivity (Wildman–Crippen MR) is 48.7 cm³/mol. The number of nitrogens with zero attached hydrogens (tertiary/aromatic N) is 2. The van der Waals surface area contributed by atoms with Gasteiger partial charge in [-0.2, -0.15) is 5.10 Å². The van der Waals surface area contributed by atoms with E-state index in [1.54, 1.807) is 0 Å². The summed E-state index contributed by atoms with van der Waals surface area (Å²) in [5.41, 5.74) is 1.36. The Kier molecular flexibility index (Phi) is 2.53. The number of hydrogen-bond acceptors (Lipinski definition) is 2. The minimum Gasteiger partial charge on any atom is -0.294 e. The van der Waals surface area contributed by atoms with Crippen LogP contribution in [-0.4, -0.2) is 23.3 Å². The van der Waals surface area contributed by atoms with Crippen LogP contribution in [0.3, 0.4) is 0 Å². The van der Waals surface area contributed by atoms with Gasteiger partial charge in [0.2, 0.25) is 0 Å². The maximum atomic E-state index is 4.54. The van der Waals surface area contributed by atoms with Crippen molar-refractivity contribution in [2.24, 2.45) is 11.0 Å². The first-order chi connectivity index (χ1) is 5.15. The van der Waals surface area contributed by atoms with E-state index in [1.807, 2.05) is 0 Å². The maximum Gasteiger partial charge on any atom is 0.0441 e. The summed E-state index contributed by atoms with van der Waals surface area (Å²) in [6.07, 6.45) is 1.10. The third-order valence-corrected chi connectivity index (χ3v) is 2.24. The van der Waals surface area contributed by atoms with Gasteiger partial charge in [-0.25, -0.2) is 0 Å². The minimum atomic E-state index is 0.557.